The van der Waals surface area contributed by atoms with Gasteiger partial charge in [0.1, 0.15) is 12.4 Å². The molecule has 2 nitrogen and oxygen atoms in total. The van der Waals surface area contributed by atoms with Crippen LogP contribution in [-0.2, 0) is 13.0 Å². The number of ether oxygens (including phenoxy) is 1. The summed E-state index contributed by atoms with van der Waals surface area (Å²) >= 11 is 6.21. The van der Waals surface area contributed by atoms with Gasteiger partial charge in [0.2, 0.25) is 0 Å². The van der Waals surface area contributed by atoms with Gasteiger partial charge in [0.15, 0.2) is 5.78 Å². The molecule has 0 amide bonds. The third kappa shape index (κ3) is 3.11. The summed E-state index contributed by atoms with van der Waals surface area (Å²) in [5.74, 6) is 1.03. The van der Waals surface area contributed by atoms with E-state index in [0.717, 1.165) is 45.9 Å². The quantitative estimate of drug-likeness (QED) is 0.818. The molecule has 0 N–H and O–H groups in total. The van der Waals surface area contributed by atoms with Crippen molar-refractivity contribution in [2.24, 2.45) is 0 Å². The maximum atomic E-state index is 11.8. The third-order valence-corrected chi connectivity index (χ3v) is 4.18. The first-order valence-electron chi connectivity index (χ1n) is 7.17. The molecule has 0 radical (unpaired) electrons. The molecule has 0 saturated heterocycles. The van der Waals surface area contributed by atoms with Crippen LogP contribution in [0, 0.1) is 6.92 Å². The number of fused-ring (bicyclic) bond motifs is 1. The Morgan fingerprint density at radius 1 is 1.14 bits per heavy atom. The van der Waals surface area contributed by atoms with Gasteiger partial charge in [0.25, 0.3) is 0 Å². The largest absolute Gasteiger partial charge is 0.489 e. The second kappa shape index (κ2) is 5.90. The molecule has 0 aliphatic heterocycles. The number of carbonyl (C=O) groups is 1. The van der Waals surface area contributed by atoms with Gasteiger partial charge in [-0.25, -0.2) is 0 Å². The Balaban J connectivity index is 1.75. The number of halogens is 1. The molecule has 0 fully saturated rings. The fourth-order valence-electron chi connectivity index (χ4n) is 2.64. The number of rotatable bonds is 3. The van der Waals surface area contributed by atoms with E-state index in [9.17, 15) is 4.79 Å². The van der Waals surface area contributed by atoms with Crippen molar-refractivity contribution in [3.05, 3.63) is 63.7 Å². The zero-order valence-electron chi connectivity index (χ0n) is 12.0. The summed E-state index contributed by atoms with van der Waals surface area (Å²) in [4.78, 5) is 11.8. The number of aryl methyl sites for hydroxylation is 2. The van der Waals surface area contributed by atoms with Gasteiger partial charge in [-0.15, -0.1) is 0 Å². The summed E-state index contributed by atoms with van der Waals surface area (Å²) in [6.45, 7) is 2.45. The van der Waals surface area contributed by atoms with Crippen LogP contribution >= 0.6 is 11.6 Å². The molecule has 0 unspecified atom stereocenters. The number of hydrogen-bond donors (Lipinski definition) is 0. The van der Waals surface area contributed by atoms with E-state index in [2.05, 4.69) is 0 Å². The lowest BCUT2D eigenvalue weighted by atomic mass is 9.90. The molecule has 3 heteroatoms. The zero-order chi connectivity index (χ0) is 14.8. The first-order valence-corrected chi connectivity index (χ1v) is 7.55. The molecule has 0 aromatic heterocycles. The highest BCUT2D eigenvalue weighted by Crippen LogP contribution is 2.26. The van der Waals surface area contributed by atoms with Crippen LogP contribution in [0.3, 0.4) is 0 Å². The summed E-state index contributed by atoms with van der Waals surface area (Å²) in [5, 5.41) is 0.725. The maximum Gasteiger partial charge on any atom is 0.163 e. The second-order valence-corrected chi connectivity index (χ2v) is 5.89. The van der Waals surface area contributed by atoms with Gasteiger partial charge in [-0.2, -0.15) is 0 Å². The fraction of sp³-hybridized carbons (Fsp3) is 0.278. The van der Waals surface area contributed by atoms with E-state index in [0.29, 0.717) is 13.0 Å². The number of carbonyl (C=O) groups excluding carboxylic acids is 1. The monoisotopic (exact) mass is 300 g/mol. The molecular formula is C18H17ClO2. The van der Waals surface area contributed by atoms with Crippen LogP contribution in [0.2, 0.25) is 5.02 Å². The van der Waals surface area contributed by atoms with E-state index < -0.39 is 0 Å². The van der Waals surface area contributed by atoms with Crippen molar-refractivity contribution in [3.8, 4) is 5.75 Å². The van der Waals surface area contributed by atoms with Crippen molar-refractivity contribution in [1.82, 2.24) is 0 Å². The molecule has 2 aromatic rings. The SMILES string of the molecule is Cc1ccc(COc2ccc3c(c2)CCCC3=O)c(Cl)c1. The Hall–Kier alpha value is -1.80. The van der Waals surface area contributed by atoms with Gasteiger partial charge in [-0.1, -0.05) is 23.7 Å². The molecule has 21 heavy (non-hydrogen) atoms. The molecule has 0 spiro atoms. The van der Waals surface area contributed by atoms with Crippen LogP contribution in [0.4, 0.5) is 0 Å². The van der Waals surface area contributed by atoms with E-state index >= 15 is 0 Å². The van der Waals surface area contributed by atoms with Gasteiger partial charge in [-0.3, -0.25) is 4.79 Å². The topological polar surface area (TPSA) is 26.3 Å². The molecule has 1 aliphatic carbocycles. The van der Waals surface area contributed by atoms with E-state index in [1.54, 1.807) is 0 Å². The average molecular weight is 301 g/mol. The van der Waals surface area contributed by atoms with Gasteiger partial charge in [0.05, 0.1) is 0 Å². The highest BCUT2D eigenvalue weighted by atomic mass is 35.5. The Bertz CT molecular complexity index is 692. The molecular weight excluding hydrogens is 284 g/mol. The smallest absolute Gasteiger partial charge is 0.163 e. The summed E-state index contributed by atoms with van der Waals surface area (Å²) in [5.41, 5.74) is 4.05. The lowest BCUT2D eigenvalue weighted by Crippen LogP contribution is -2.10. The van der Waals surface area contributed by atoms with Crippen LogP contribution in [0.25, 0.3) is 0 Å². The summed E-state index contributed by atoms with van der Waals surface area (Å²) in [7, 11) is 0. The van der Waals surface area contributed by atoms with Gasteiger partial charge >= 0.3 is 0 Å². The lowest BCUT2D eigenvalue weighted by Gasteiger charge is -2.16. The Morgan fingerprint density at radius 2 is 2.00 bits per heavy atom. The van der Waals surface area contributed by atoms with E-state index in [1.165, 1.54) is 0 Å². The highest BCUT2D eigenvalue weighted by Gasteiger charge is 2.17. The molecule has 1 aliphatic rings. The van der Waals surface area contributed by atoms with Gasteiger partial charge in [0, 0.05) is 22.6 Å². The Morgan fingerprint density at radius 3 is 2.81 bits per heavy atom. The number of benzene rings is 2. The minimum Gasteiger partial charge on any atom is -0.489 e. The van der Waals surface area contributed by atoms with Crippen LogP contribution in [-0.4, -0.2) is 5.78 Å². The molecule has 2 aromatic carbocycles. The fourth-order valence-corrected chi connectivity index (χ4v) is 2.93. The predicted molar refractivity (Wildman–Crippen MR) is 84.2 cm³/mol. The van der Waals surface area contributed by atoms with Gasteiger partial charge < -0.3 is 4.74 Å². The van der Waals surface area contributed by atoms with Crippen molar-refractivity contribution in [1.29, 1.82) is 0 Å². The average Bonchev–Trinajstić information content (AvgIpc) is 2.46. The summed E-state index contributed by atoms with van der Waals surface area (Å²) in [6, 6.07) is 11.7. The van der Waals surface area contributed by atoms with Crippen molar-refractivity contribution in [2.75, 3.05) is 0 Å². The maximum absolute atomic E-state index is 11.8. The zero-order valence-corrected chi connectivity index (χ0v) is 12.7. The van der Waals surface area contributed by atoms with Crippen LogP contribution in [0.1, 0.15) is 39.9 Å². The van der Waals surface area contributed by atoms with Crippen LogP contribution in [0.15, 0.2) is 36.4 Å². The highest BCUT2D eigenvalue weighted by molar-refractivity contribution is 6.31. The van der Waals surface area contributed by atoms with Crippen LogP contribution in [0.5, 0.6) is 5.75 Å². The molecule has 108 valence electrons. The molecule has 3 rings (SSSR count). The van der Waals surface area contributed by atoms with E-state index in [-0.39, 0.29) is 5.78 Å². The van der Waals surface area contributed by atoms with E-state index in [1.807, 2.05) is 43.3 Å². The van der Waals surface area contributed by atoms with Crippen LogP contribution < -0.4 is 4.74 Å². The first kappa shape index (κ1) is 14.2. The second-order valence-electron chi connectivity index (χ2n) is 5.48. The lowest BCUT2D eigenvalue weighted by molar-refractivity contribution is 0.0972. The molecule has 0 bridgehead atoms. The Labute approximate surface area is 129 Å². The summed E-state index contributed by atoms with van der Waals surface area (Å²) in [6.07, 6.45) is 2.54. The minimum atomic E-state index is 0.240. The summed E-state index contributed by atoms with van der Waals surface area (Å²) < 4.78 is 5.82. The molecule has 0 atom stereocenters. The van der Waals surface area contributed by atoms with Crippen molar-refractivity contribution in [2.45, 2.75) is 32.8 Å². The first-order chi connectivity index (χ1) is 10.1. The third-order valence-electron chi connectivity index (χ3n) is 3.83. The standard InChI is InChI=1S/C18H17ClO2/c1-12-5-6-14(17(19)9-12)11-21-15-7-8-16-13(10-15)3-2-4-18(16)20/h5-10H,2-4,11H2,1H3. The minimum absolute atomic E-state index is 0.240. The number of ketones is 1. The number of Topliss-reactive ketones (excluding diaryl/α,β-unsaturated/α-hetero) is 1. The Kier molecular flexibility index (Phi) is 3.98. The molecule has 0 saturated carbocycles. The number of hydrogen-bond acceptors (Lipinski definition) is 2. The van der Waals surface area contributed by atoms with Crippen molar-refractivity contribution < 1.29 is 9.53 Å². The van der Waals surface area contributed by atoms with Crippen molar-refractivity contribution >= 4 is 17.4 Å². The molecule has 0 heterocycles. The van der Waals surface area contributed by atoms with E-state index in [4.69, 9.17) is 16.3 Å². The van der Waals surface area contributed by atoms with Gasteiger partial charge in [-0.05, 0) is 55.2 Å². The normalized spacial score (nSPS) is 13.9. The predicted octanol–water partition coefficient (Wildman–Crippen LogP) is 4.75. The van der Waals surface area contributed by atoms with Crippen molar-refractivity contribution in [3.63, 3.8) is 0 Å².